The Bertz CT molecular complexity index is 451. The van der Waals surface area contributed by atoms with Gasteiger partial charge in [0, 0.05) is 11.6 Å². The van der Waals surface area contributed by atoms with Gasteiger partial charge < -0.3 is 0 Å². The van der Waals surface area contributed by atoms with E-state index in [1.807, 2.05) is 18.2 Å². The van der Waals surface area contributed by atoms with E-state index in [0.29, 0.717) is 5.92 Å². The molecule has 0 aliphatic heterocycles. The summed E-state index contributed by atoms with van der Waals surface area (Å²) in [6, 6.07) is 6.91. The van der Waals surface area contributed by atoms with Crippen LogP contribution in [0.3, 0.4) is 0 Å². The van der Waals surface area contributed by atoms with Gasteiger partial charge in [0.05, 0.1) is 4.92 Å². The maximum Gasteiger partial charge on any atom is 0.272 e. The van der Waals surface area contributed by atoms with E-state index in [-0.39, 0.29) is 18.0 Å². The normalized spacial score (nSPS) is 9.52. The fraction of sp³-hybridized carbons (Fsp3) is 0.636. The van der Waals surface area contributed by atoms with E-state index in [1.54, 1.807) is 12.1 Å². The number of allylic oxidation sites excluding steroid dienone is 1. The Morgan fingerprint density at radius 3 is 1.80 bits per heavy atom. The van der Waals surface area contributed by atoms with Gasteiger partial charge in [-0.25, -0.2) is 0 Å². The van der Waals surface area contributed by atoms with Gasteiger partial charge in [0.25, 0.3) is 5.69 Å². The first-order valence-electron chi connectivity index (χ1n) is 8.98. The Morgan fingerprint density at radius 1 is 1.04 bits per heavy atom. The lowest BCUT2D eigenvalue weighted by Gasteiger charge is -2.04. The molecule has 0 bridgehead atoms. The van der Waals surface area contributed by atoms with Gasteiger partial charge >= 0.3 is 0 Å². The number of nitro groups is 1. The monoisotopic (exact) mass is 351 g/mol. The minimum absolute atomic E-state index is 0. The van der Waals surface area contributed by atoms with Crippen molar-refractivity contribution in [2.45, 2.75) is 75.2 Å². The summed E-state index contributed by atoms with van der Waals surface area (Å²) in [5, 5.41) is 10.6. The molecule has 0 spiro atoms. The lowest BCUT2D eigenvalue weighted by atomic mass is 10.0. The zero-order valence-corrected chi connectivity index (χ0v) is 16.7. The zero-order valence-electron chi connectivity index (χ0n) is 16.7. The topological polar surface area (TPSA) is 43.1 Å². The lowest BCUT2D eigenvalue weighted by Crippen LogP contribution is -1.99. The van der Waals surface area contributed by atoms with Gasteiger partial charge in [0.15, 0.2) is 0 Å². The maximum absolute atomic E-state index is 10.6. The molecule has 0 saturated heterocycles. The van der Waals surface area contributed by atoms with Crippen molar-refractivity contribution in [2.75, 3.05) is 0 Å². The number of hydrogen-bond acceptors (Lipinski definition) is 2. The van der Waals surface area contributed by atoms with E-state index in [4.69, 9.17) is 0 Å². The second-order valence-corrected chi connectivity index (χ2v) is 7.20. The van der Waals surface area contributed by atoms with Gasteiger partial charge in [0.1, 0.15) is 0 Å². The quantitative estimate of drug-likeness (QED) is 0.299. The van der Waals surface area contributed by atoms with Crippen LogP contribution < -0.4 is 0 Å². The average Bonchev–Trinajstić information content (AvgIpc) is 2.48. The van der Waals surface area contributed by atoms with Crippen molar-refractivity contribution in [3.8, 4) is 0 Å². The second-order valence-electron chi connectivity index (χ2n) is 7.20. The first kappa shape index (κ1) is 28.2. The van der Waals surface area contributed by atoms with Crippen LogP contribution in [-0.4, -0.2) is 4.92 Å². The molecule has 0 unspecified atom stereocenters. The van der Waals surface area contributed by atoms with Gasteiger partial charge in [-0.05, 0) is 30.6 Å². The summed E-state index contributed by atoms with van der Waals surface area (Å²) in [5.74, 6) is 2.11. The summed E-state index contributed by atoms with van der Waals surface area (Å²) in [6.07, 6.45) is 5.15. The number of nitro benzene ring substituents is 1. The molecule has 0 heterocycles. The van der Waals surface area contributed by atoms with Crippen molar-refractivity contribution in [1.29, 1.82) is 0 Å². The smallest absolute Gasteiger partial charge is 0.258 e. The summed E-state index contributed by atoms with van der Waals surface area (Å²) in [7, 11) is 0. The third kappa shape index (κ3) is 18.5. The van der Waals surface area contributed by atoms with Gasteiger partial charge in [-0.15, -0.1) is 6.58 Å². The van der Waals surface area contributed by atoms with Crippen LogP contribution in [0.15, 0.2) is 36.9 Å². The number of para-hydroxylation sites is 1. The molecule has 0 aliphatic carbocycles. The van der Waals surface area contributed by atoms with Crippen molar-refractivity contribution in [2.24, 2.45) is 17.8 Å². The van der Waals surface area contributed by atoms with Gasteiger partial charge in [-0.1, -0.05) is 86.6 Å². The second kappa shape index (κ2) is 17.2. The highest BCUT2D eigenvalue weighted by molar-refractivity contribution is 5.39. The minimum Gasteiger partial charge on any atom is -0.258 e. The first-order chi connectivity index (χ1) is 11.1. The van der Waals surface area contributed by atoms with Gasteiger partial charge in [0.2, 0.25) is 0 Å². The van der Waals surface area contributed by atoms with E-state index >= 15 is 0 Å². The third-order valence-electron chi connectivity index (χ3n) is 3.27. The Kier molecular flexibility index (Phi) is 19.4. The van der Waals surface area contributed by atoms with E-state index in [0.717, 1.165) is 30.2 Å². The van der Waals surface area contributed by atoms with Crippen LogP contribution in [0, 0.1) is 27.9 Å². The van der Waals surface area contributed by atoms with Crippen molar-refractivity contribution in [3.05, 3.63) is 52.6 Å². The van der Waals surface area contributed by atoms with E-state index in [9.17, 15) is 10.1 Å². The molecule has 25 heavy (non-hydrogen) atoms. The zero-order chi connectivity index (χ0) is 19.1. The Labute approximate surface area is 156 Å². The van der Waals surface area contributed by atoms with Crippen LogP contribution in [0.25, 0.3) is 0 Å². The maximum atomic E-state index is 10.6. The molecule has 1 rings (SSSR count). The highest BCUT2D eigenvalue weighted by atomic mass is 16.6. The SMILES string of the molecule is C.C=CCC(C)C.CC(C)Cc1ccccc1[N+](=O)[O-].CCC(C)C. The highest BCUT2D eigenvalue weighted by Crippen LogP contribution is 2.20. The number of nitrogens with zero attached hydrogens (tertiary/aromatic N) is 1. The van der Waals surface area contributed by atoms with Crippen molar-refractivity contribution in [3.63, 3.8) is 0 Å². The highest BCUT2D eigenvalue weighted by Gasteiger charge is 2.12. The molecule has 0 aliphatic rings. The fourth-order valence-corrected chi connectivity index (χ4v) is 1.63. The molecule has 0 N–H and O–H groups in total. The minimum atomic E-state index is -0.322. The third-order valence-corrected chi connectivity index (χ3v) is 3.27. The molecular formula is C22H41NO2. The first-order valence-corrected chi connectivity index (χ1v) is 8.98. The predicted octanol–water partition coefficient (Wildman–Crippen LogP) is 7.70. The summed E-state index contributed by atoms with van der Waals surface area (Å²) in [5.41, 5.74) is 1.05. The lowest BCUT2D eigenvalue weighted by molar-refractivity contribution is -0.385. The van der Waals surface area contributed by atoms with Crippen LogP contribution in [0.2, 0.25) is 0 Å². The standard InChI is InChI=1S/C10H13NO2.C6H12.C5H12.CH4/c1-8(2)7-9-5-3-4-6-10(9)11(12)13;1-4-5-6(2)3;1-4-5(2)3;/h3-6,8H,7H2,1-2H3;4,6H,1,5H2,2-3H3;5H,4H2,1-3H3;1H4. The molecule has 0 aromatic heterocycles. The van der Waals surface area contributed by atoms with Crippen molar-refractivity contribution >= 4 is 5.69 Å². The van der Waals surface area contributed by atoms with E-state index < -0.39 is 0 Å². The van der Waals surface area contributed by atoms with Gasteiger partial charge in [-0.2, -0.15) is 0 Å². The average molecular weight is 352 g/mol. The molecule has 0 atom stereocenters. The number of benzene rings is 1. The molecule has 0 radical (unpaired) electrons. The molecule has 0 amide bonds. The van der Waals surface area contributed by atoms with Crippen LogP contribution in [0.5, 0.6) is 0 Å². The summed E-state index contributed by atoms with van der Waals surface area (Å²) in [4.78, 5) is 10.3. The molecule has 0 saturated carbocycles. The fourth-order valence-electron chi connectivity index (χ4n) is 1.63. The van der Waals surface area contributed by atoms with Crippen LogP contribution in [0.4, 0.5) is 5.69 Å². The Balaban J connectivity index is -0.000000340. The summed E-state index contributed by atoms with van der Waals surface area (Å²) in [6.45, 7) is 18.7. The van der Waals surface area contributed by atoms with Gasteiger partial charge in [-0.3, -0.25) is 10.1 Å². The van der Waals surface area contributed by atoms with Crippen molar-refractivity contribution < 1.29 is 4.92 Å². The molecule has 146 valence electrons. The van der Waals surface area contributed by atoms with Crippen molar-refractivity contribution in [1.82, 2.24) is 0 Å². The predicted molar refractivity (Wildman–Crippen MR) is 113 cm³/mol. The molecule has 0 fully saturated rings. The molecule has 1 aromatic rings. The molecule has 1 aromatic carbocycles. The van der Waals surface area contributed by atoms with Crippen LogP contribution in [0.1, 0.15) is 74.3 Å². The Morgan fingerprint density at radius 2 is 1.52 bits per heavy atom. The summed E-state index contributed by atoms with van der Waals surface area (Å²) < 4.78 is 0. The van der Waals surface area contributed by atoms with E-state index in [2.05, 4.69) is 55.0 Å². The van der Waals surface area contributed by atoms with E-state index in [1.165, 1.54) is 6.42 Å². The van der Waals surface area contributed by atoms with Crippen LogP contribution in [-0.2, 0) is 6.42 Å². The number of rotatable bonds is 6. The summed E-state index contributed by atoms with van der Waals surface area (Å²) >= 11 is 0. The molecular weight excluding hydrogens is 310 g/mol. The van der Waals surface area contributed by atoms with Crippen LogP contribution >= 0.6 is 0 Å². The molecule has 3 nitrogen and oxygen atoms in total. The largest absolute Gasteiger partial charge is 0.272 e. The molecule has 3 heteroatoms. The number of hydrogen-bond donors (Lipinski definition) is 0. The Hall–Kier alpha value is -1.64.